The summed E-state index contributed by atoms with van der Waals surface area (Å²) in [5.74, 6) is 0.487. The Kier molecular flexibility index (Phi) is 4.48. The molecule has 1 aromatic heterocycles. The molecule has 0 saturated carbocycles. The first kappa shape index (κ1) is 16.1. The predicted molar refractivity (Wildman–Crippen MR) is 82.5 cm³/mol. The molecule has 0 radical (unpaired) electrons. The molecule has 2 aromatic rings. The summed E-state index contributed by atoms with van der Waals surface area (Å²) in [7, 11) is 0. The third-order valence-electron chi connectivity index (χ3n) is 3.84. The largest absolute Gasteiger partial charge is 0.416 e. The van der Waals surface area contributed by atoms with Crippen LogP contribution in [-0.4, -0.2) is 9.97 Å². The first-order chi connectivity index (χ1) is 10.9. The van der Waals surface area contributed by atoms with Crippen molar-refractivity contribution in [3.05, 3.63) is 57.1 Å². The van der Waals surface area contributed by atoms with Crippen molar-refractivity contribution in [3.63, 3.8) is 0 Å². The molecule has 0 atom stereocenters. The van der Waals surface area contributed by atoms with Gasteiger partial charge in [-0.15, -0.1) is 11.8 Å². The van der Waals surface area contributed by atoms with E-state index in [0.717, 1.165) is 54.6 Å². The molecule has 3 nitrogen and oxygen atoms in total. The van der Waals surface area contributed by atoms with Crippen molar-refractivity contribution >= 4 is 11.8 Å². The molecular weight excluding hydrogens is 325 g/mol. The van der Waals surface area contributed by atoms with E-state index in [0.29, 0.717) is 10.8 Å². The zero-order valence-corrected chi connectivity index (χ0v) is 13.1. The molecule has 0 spiro atoms. The number of H-pyrrole nitrogens is 1. The van der Waals surface area contributed by atoms with E-state index in [2.05, 4.69) is 9.97 Å². The van der Waals surface area contributed by atoms with E-state index in [1.165, 1.54) is 23.9 Å². The maximum atomic E-state index is 12.5. The Labute approximate surface area is 135 Å². The summed E-state index contributed by atoms with van der Waals surface area (Å²) >= 11 is 1.40. The summed E-state index contributed by atoms with van der Waals surface area (Å²) in [6.45, 7) is 0. The van der Waals surface area contributed by atoms with Crippen LogP contribution in [-0.2, 0) is 24.8 Å². The topological polar surface area (TPSA) is 45.8 Å². The summed E-state index contributed by atoms with van der Waals surface area (Å²) in [5, 5.41) is 0.698. The third-order valence-corrected chi connectivity index (χ3v) is 4.93. The normalized spacial score (nSPS) is 14.6. The predicted octanol–water partition coefficient (Wildman–Crippen LogP) is 3.96. The molecule has 0 amide bonds. The highest BCUT2D eigenvalue weighted by Crippen LogP contribution is 2.31. The summed E-state index contributed by atoms with van der Waals surface area (Å²) in [6.07, 6.45) is -0.473. The van der Waals surface area contributed by atoms with Crippen LogP contribution in [0.1, 0.15) is 35.2 Å². The average molecular weight is 340 g/mol. The van der Waals surface area contributed by atoms with E-state index in [-0.39, 0.29) is 5.69 Å². The summed E-state index contributed by atoms with van der Waals surface area (Å²) in [4.78, 5) is 18.4. The van der Waals surface area contributed by atoms with Gasteiger partial charge in [-0.1, -0.05) is 12.1 Å². The minimum absolute atomic E-state index is 0.361. The van der Waals surface area contributed by atoms with Crippen LogP contribution in [0.2, 0.25) is 0 Å². The van der Waals surface area contributed by atoms with Gasteiger partial charge in [0.05, 0.1) is 5.56 Å². The Hall–Kier alpha value is -1.76. The fourth-order valence-electron chi connectivity index (χ4n) is 2.66. The highest BCUT2D eigenvalue weighted by Gasteiger charge is 2.29. The zero-order valence-electron chi connectivity index (χ0n) is 12.2. The van der Waals surface area contributed by atoms with E-state index in [1.807, 2.05) is 0 Å². The standard InChI is InChI=1S/C16H15F3N2OS/c17-16(18,19)11-7-5-10(6-8-11)9-23-14-12-3-1-2-4-13(12)20-15(22)21-14/h5-8H,1-4,9H2,(H,20,21,22). The first-order valence-electron chi connectivity index (χ1n) is 7.34. The van der Waals surface area contributed by atoms with Gasteiger partial charge in [-0.05, 0) is 43.4 Å². The van der Waals surface area contributed by atoms with Crippen molar-refractivity contribution in [2.45, 2.75) is 42.6 Å². The Morgan fingerprint density at radius 3 is 2.52 bits per heavy atom. The fourth-order valence-corrected chi connectivity index (χ4v) is 3.70. The number of fused-ring (bicyclic) bond motifs is 1. The number of thioether (sulfide) groups is 1. The van der Waals surface area contributed by atoms with E-state index < -0.39 is 11.7 Å². The van der Waals surface area contributed by atoms with Crippen LogP contribution in [0.3, 0.4) is 0 Å². The van der Waals surface area contributed by atoms with Gasteiger partial charge in [0.15, 0.2) is 0 Å². The molecule has 1 aliphatic carbocycles. The number of aryl methyl sites for hydroxylation is 1. The van der Waals surface area contributed by atoms with E-state index in [1.54, 1.807) is 0 Å². The fraction of sp³-hybridized carbons (Fsp3) is 0.375. The minimum Gasteiger partial charge on any atom is -0.309 e. The summed E-state index contributed by atoms with van der Waals surface area (Å²) in [6, 6.07) is 5.10. The molecule has 3 rings (SSSR count). The second-order valence-electron chi connectivity index (χ2n) is 5.49. The molecule has 0 saturated heterocycles. The molecule has 1 N–H and O–H groups in total. The highest BCUT2D eigenvalue weighted by molar-refractivity contribution is 7.98. The van der Waals surface area contributed by atoms with Gasteiger partial charge in [-0.2, -0.15) is 18.2 Å². The molecule has 0 aliphatic heterocycles. The van der Waals surface area contributed by atoms with E-state index >= 15 is 0 Å². The molecule has 1 aliphatic rings. The number of halogens is 3. The van der Waals surface area contributed by atoms with Gasteiger partial charge in [0.1, 0.15) is 5.03 Å². The lowest BCUT2D eigenvalue weighted by Gasteiger charge is -2.17. The molecule has 7 heteroatoms. The van der Waals surface area contributed by atoms with Crippen molar-refractivity contribution in [2.24, 2.45) is 0 Å². The van der Waals surface area contributed by atoms with E-state index in [9.17, 15) is 18.0 Å². The highest BCUT2D eigenvalue weighted by atomic mass is 32.2. The molecule has 0 fully saturated rings. The number of rotatable bonds is 3. The van der Waals surface area contributed by atoms with Crippen molar-refractivity contribution in [1.29, 1.82) is 0 Å². The number of aromatic nitrogens is 2. The SMILES string of the molecule is O=c1nc(SCc2ccc(C(F)(F)F)cc2)c2c([nH]1)CCCC2. The monoisotopic (exact) mass is 340 g/mol. The van der Waals surface area contributed by atoms with Crippen LogP contribution in [0, 0.1) is 0 Å². The van der Waals surface area contributed by atoms with Crippen LogP contribution in [0.4, 0.5) is 13.2 Å². The molecule has 122 valence electrons. The Morgan fingerprint density at radius 2 is 1.83 bits per heavy atom. The van der Waals surface area contributed by atoms with Crippen molar-refractivity contribution in [1.82, 2.24) is 9.97 Å². The van der Waals surface area contributed by atoms with E-state index in [4.69, 9.17) is 0 Å². The number of hydrogen-bond donors (Lipinski definition) is 1. The number of nitrogens with one attached hydrogen (secondary N) is 1. The van der Waals surface area contributed by atoms with Gasteiger partial charge >= 0.3 is 11.9 Å². The molecule has 23 heavy (non-hydrogen) atoms. The molecule has 1 aromatic carbocycles. The van der Waals surface area contributed by atoms with Crippen LogP contribution >= 0.6 is 11.8 Å². The molecule has 1 heterocycles. The van der Waals surface area contributed by atoms with Gasteiger partial charge in [0.2, 0.25) is 0 Å². The zero-order chi connectivity index (χ0) is 16.4. The second-order valence-corrected chi connectivity index (χ2v) is 6.46. The Bertz CT molecular complexity index is 753. The summed E-state index contributed by atoms with van der Waals surface area (Å²) in [5.41, 5.74) is 1.78. The van der Waals surface area contributed by atoms with Gasteiger partial charge in [0, 0.05) is 17.0 Å². The maximum absolute atomic E-state index is 12.5. The van der Waals surface area contributed by atoms with Crippen molar-refractivity contribution in [3.8, 4) is 0 Å². The van der Waals surface area contributed by atoms with Crippen LogP contribution in [0.15, 0.2) is 34.1 Å². The molecular formula is C16H15F3N2OS. The Morgan fingerprint density at radius 1 is 1.13 bits per heavy atom. The lowest BCUT2D eigenvalue weighted by atomic mass is 9.98. The van der Waals surface area contributed by atoms with Gasteiger partial charge < -0.3 is 4.98 Å². The van der Waals surface area contributed by atoms with Crippen molar-refractivity contribution < 1.29 is 13.2 Å². The van der Waals surface area contributed by atoms with Gasteiger partial charge in [0.25, 0.3) is 0 Å². The van der Waals surface area contributed by atoms with Crippen LogP contribution in [0.5, 0.6) is 0 Å². The quantitative estimate of drug-likeness (QED) is 0.679. The smallest absolute Gasteiger partial charge is 0.309 e. The number of aromatic amines is 1. The average Bonchev–Trinajstić information content (AvgIpc) is 2.52. The molecule has 0 bridgehead atoms. The minimum atomic E-state index is -4.32. The number of alkyl halides is 3. The lowest BCUT2D eigenvalue weighted by molar-refractivity contribution is -0.137. The summed E-state index contributed by atoms with van der Waals surface area (Å²) < 4.78 is 37.6. The molecule has 0 unspecified atom stereocenters. The third kappa shape index (κ3) is 3.77. The Balaban J connectivity index is 1.76. The maximum Gasteiger partial charge on any atom is 0.416 e. The van der Waals surface area contributed by atoms with Crippen LogP contribution in [0.25, 0.3) is 0 Å². The van der Waals surface area contributed by atoms with Crippen molar-refractivity contribution in [2.75, 3.05) is 0 Å². The van der Waals surface area contributed by atoms with Crippen LogP contribution < -0.4 is 5.69 Å². The second kappa shape index (κ2) is 6.39. The van der Waals surface area contributed by atoms with Gasteiger partial charge in [-0.3, -0.25) is 0 Å². The number of benzene rings is 1. The number of nitrogens with zero attached hydrogens (tertiary/aromatic N) is 1. The van der Waals surface area contributed by atoms with Gasteiger partial charge in [-0.25, -0.2) is 4.79 Å². The number of hydrogen-bond acceptors (Lipinski definition) is 3. The first-order valence-corrected chi connectivity index (χ1v) is 8.33. The lowest BCUT2D eigenvalue weighted by Crippen LogP contribution is -2.19.